The van der Waals surface area contributed by atoms with E-state index in [4.69, 9.17) is 9.73 Å². The molecule has 0 radical (unpaired) electrons. The molecule has 2 rings (SSSR count). The molecule has 2 saturated heterocycles. The van der Waals surface area contributed by atoms with Crippen LogP contribution in [0.3, 0.4) is 0 Å². The third kappa shape index (κ3) is 7.11. The van der Waals surface area contributed by atoms with Gasteiger partial charge < -0.3 is 20.3 Å². The third-order valence-corrected chi connectivity index (χ3v) is 4.55. The van der Waals surface area contributed by atoms with Crippen LogP contribution in [0.15, 0.2) is 4.99 Å². The van der Waals surface area contributed by atoms with E-state index in [0.717, 1.165) is 51.8 Å². The summed E-state index contributed by atoms with van der Waals surface area (Å²) < 4.78 is 5.79. The Morgan fingerprint density at radius 2 is 2.09 bits per heavy atom. The monoisotopic (exact) mass is 439 g/mol. The van der Waals surface area contributed by atoms with Gasteiger partial charge in [-0.1, -0.05) is 6.92 Å². The number of nitrogens with zero attached hydrogens (tertiary/aromatic N) is 3. The summed E-state index contributed by atoms with van der Waals surface area (Å²) in [4.78, 5) is 9.63. The Hall–Kier alpha value is -0.120. The van der Waals surface area contributed by atoms with Crippen molar-refractivity contribution in [1.29, 1.82) is 0 Å². The molecule has 0 amide bonds. The fourth-order valence-electron chi connectivity index (χ4n) is 3.26. The van der Waals surface area contributed by atoms with Gasteiger partial charge in [0.2, 0.25) is 0 Å². The maximum Gasteiger partial charge on any atom is 0.191 e. The summed E-state index contributed by atoms with van der Waals surface area (Å²) in [7, 11) is 2.15. The zero-order chi connectivity index (χ0) is 15.8. The first kappa shape index (κ1) is 20.9. The fraction of sp³-hybridized carbons (Fsp3) is 0.938. The maximum atomic E-state index is 5.79. The molecule has 2 N–H and O–H groups in total. The Morgan fingerprint density at radius 3 is 2.78 bits per heavy atom. The molecule has 0 aliphatic carbocycles. The first-order valence-corrected chi connectivity index (χ1v) is 8.79. The molecule has 7 heteroatoms. The number of rotatable bonds is 6. The summed E-state index contributed by atoms with van der Waals surface area (Å²) in [5.74, 6) is 0.919. The molecule has 2 aliphatic rings. The van der Waals surface area contributed by atoms with Crippen LogP contribution in [0.2, 0.25) is 0 Å². The number of hydrogen-bond acceptors (Lipinski definition) is 4. The summed E-state index contributed by atoms with van der Waals surface area (Å²) in [5.41, 5.74) is 0. The number of ether oxygens (including phenoxy) is 1. The molecule has 2 heterocycles. The van der Waals surface area contributed by atoms with E-state index in [1.165, 1.54) is 19.4 Å². The van der Waals surface area contributed by atoms with Gasteiger partial charge >= 0.3 is 0 Å². The molecule has 0 bridgehead atoms. The highest BCUT2D eigenvalue weighted by Crippen LogP contribution is 2.16. The Balaban J connectivity index is 0.00000264. The predicted octanol–water partition coefficient (Wildman–Crippen LogP) is 0.974. The summed E-state index contributed by atoms with van der Waals surface area (Å²) in [6, 6.07) is 0.609. The molecule has 2 aliphatic heterocycles. The zero-order valence-electron chi connectivity index (χ0n) is 14.9. The molecule has 136 valence electrons. The lowest BCUT2D eigenvalue weighted by Gasteiger charge is -2.30. The number of halogens is 1. The van der Waals surface area contributed by atoms with Crippen molar-refractivity contribution in [2.24, 2.45) is 4.99 Å². The number of likely N-dealkylation sites (tertiary alicyclic amines) is 1. The summed E-state index contributed by atoms with van der Waals surface area (Å²) in [6.07, 6.45) is 2.83. The second-order valence-corrected chi connectivity index (χ2v) is 6.28. The van der Waals surface area contributed by atoms with Gasteiger partial charge in [-0.25, -0.2) is 0 Å². The number of guanidine groups is 1. The highest BCUT2D eigenvalue weighted by molar-refractivity contribution is 14.0. The fourth-order valence-corrected chi connectivity index (χ4v) is 3.26. The van der Waals surface area contributed by atoms with Gasteiger partial charge in [-0.3, -0.25) is 9.89 Å². The average molecular weight is 439 g/mol. The van der Waals surface area contributed by atoms with Crippen LogP contribution in [-0.4, -0.2) is 87.4 Å². The lowest BCUT2D eigenvalue weighted by Crippen LogP contribution is -2.48. The van der Waals surface area contributed by atoms with Crippen LogP contribution in [-0.2, 0) is 4.74 Å². The SMILES string of the molecule is CCNC(=NCC1CCCN1CC)NCC1CN(C)CCO1.I. The molecule has 0 saturated carbocycles. The first-order chi connectivity index (χ1) is 10.7. The molecule has 0 aromatic rings. The number of nitrogens with one attached hydrogen (secondary N) is 2. The molecule has 2 fully saturated rings. The van der Waals surface area contributed by atoms with E-state index in [2.05, 4.69) is 41.3 Å². The van der Waals surface area contributed by atoms with Crippen molar-refractivity contribution in [2.75, 3.05) is 59.5 Å². The lowest BCUT2D eigenvalue weighted by atomic mass is 10.2. The van der Waals surface area contributed by atoms with Crippen LogP contribution in [0.5, 0.6) is 0 Å². The number of likely N-dealkylation sites (N-methyl/N-ethyl adjacent to an activating group) is 2. The number of morpholine rings is 1. The molecule has 0 aromatic carbocycles. The largest absolute Gasteiger partial charge is 0.374 e. The maximum absolute atomic E-state index is 5.79. The van der Waals surface area contributed by atoms with Gasteiger partial charge in [0, 0.05) is 32.2 Å². The predicted molar refractivity (Wildman–Crippen MR) is 107 cm³/mol. The van der Waals surface area contributed by atoms with Crippen molar-refractivity contribution in [3.05, 3.63) is 0 Å². The molecular weight excluding hydrogens is 405 g/mol. The minimum Gasteiger partial charge on any atom is -0.374 e. The van der Waals surface area contributed by atoms with Gasteiger partial charge in [0.25, 0.3) is 0 Å². The average Bonchev–Trinajstić information content (AvgIpc) is 2.97. The highest BCUT2D eigenvalue weighted by atomic mass is 127. The van der Waals surface area contributed by atoms with Crippen molar-refractivity contribution in [3.63, 3.8) is 0 Å². The molecule has 2 atom stereocenters. The van der Waals surface area contributed by atoms with E-state index < -0.39 is 0 Å². The topological polar surface area (TPSA) is 52.1 Å². The van der Waals surface area contributed by atoms with Gasteiger partial charge in [0.05, 0.1) is 19.3 Å². The molecule has 2 unspecified atom stereocenters. The quantitative estimate of drug-likeness (QED) is 0.367. The van der Waals surface area contributed by atoms with Crippen molar-refractivity contribution in [1.82, 2.24) is 20.4 Å². The van der Waals surface area contributed by atoms with Crippen LogP contribution in [0, 0.1) is 0 Å². The zero-order valence-corrected chi connectivity index (χ0v) is 17.2. The summed E-state index contributed by atoms with van der Waals surface area (Å²) in [5, 5.41) is 6.78. The van der Waals surface area contributed by atoms with Crippen LogP contribution in [0.1, 0.15) is 26.7 Å². The van der Waals surface area contributed by atoms with Crippen LogP contribution < -0.4 is 10.6 Å². The van der Waals surface area contributed by atoms with Crippen molar-refractivity contribution >= 4 is 29.9 Å². The van der Waals surface area contributed by atoms with Gasteiger partial charge in [-0.05, 0) is 39.9 Å². The molecule has 6 nitrogen and oxygen atoms in total. The van der Waals surface area contributed by atoms with Crippen molar-refractivity contribution in [2.45, 2.75) is 38.8 Å². The van der Waals surface area contributed by atoms with Crippen LogP contribution >= 0.6 is 24.0 Å². The molecule has 0 aromatic heterocycles. The number of aliphatic imine (C=N–C) groups is 1. The van der Waals surface area contributed by atoms with E-state index in [0.29, 0.717) is 6.04 Å². The van der Waals surface area contributed by atoms with Crippen molar-refractivity contribution < 1.29 is 4.74 Å². The van der Waals surface area contributed by atoms with E-state index in [9.17, 15) is 0 Å². The Kier molecular flexibility index (Phi) is 10.4. The first-order valence-electron chi connectivity index (χ1n) is 8.79. The Morgan fingerprint density at radius 1 is 1.26 bits per heavy atom. The smallest absolute Gasteiger partial charge is 0.191 e. The second kappa shape index (κ2) is 11.4. The standard InChI is InChI=1S/C16H33N5O.HI/c1-4-17-16(18-11-14-7-6-8-21(14)5-2)19-12-15-13-20(3)9-10-22-15;/h14-15H,4-13H2,1-3H3,(H2,17,18,19);1H. The molecule has 0 spiro atoms. The summed E-state index contributed by atoms with van der Waals surface area (Å²) >= 11 is 0. The second-order valence-electron chi connectivity index (χ2n) is 6.28. The molecular formula is C16H34IN5O. The van der Waals surface area contributed by atoms with E-state index in [1.807, 2.05) is 0 Å². The van der Waals surface area contributed by atoms with Gasteiger partial charge in [-0.15, -0.1) is 24.0 Å². The lowest BCUT2D eigenvalue weighted by molar-refractivity contribution is -0.0161. The minimum absolute atomic E-state index is 0. The highest BCUT2D eigenvalue weighted by Gasteiger charge is 2.22. The van der Waals surface area contributed by atoms with Gasteiger partial charge in [0.1, 0.15) is 0 Å². The number of hydrogen-bond donors (Lipinski definition) is 2. The molecule has 23 heavy (non-hydrogen) atoms. The van der Waals surface area contributed by atoms with Gasteiger partial charge in [0.15, 0.2) is 5.96 Å². The van der Waals surface area contributed by atoms with E-state index in [1.54, 1.807) is 0 Å². The Bertz CT molecular complexity index is 355. The third-order valence-electron chi connectivity index (χ3n) is 4.55. The normalized spacial score (nSPS) is 26.8. The Labute approximate surface area is 158 Å². The van der Waals surface area contributed by atoms with Crippen LogP contribution in [0.25, 0.3) is 0 Å². The van der Waals surface area contributed by atoms with Crippen LogP contribution in [0.4, 0.5) is 0 Å². The van der Waals surface area contributed by atoms with E-state index in [-0.39, 0.29) is 30.1 Å². The van der Waals surface area contributed by atoms with E-state index >= 15 is 0 Å². The summed E-state index contributed by atoms with van der Waals surface area (Å²) in [6.45, 7) is 12.1. The minimum atomic E-state index is 0. The van der Waals surface area contributed by atoms with Gasteiger partial charge in [-0.2, -0.15) is 0 Å². The van der Waals surface area contributed by atoms with Crippen molar-refractivity contribution in [3.8, 4) is 0 Å².